The lowest BCUT2D eigenvalue weighted by atomic mass is 10.2. The van der Waals surface area contributed by atoms with Gasteiger partial charge < -0.3 is 14.8 Å². The van der Waals surface area contributed by atoms with Crippen molar-refractivity contribution >= 4 is 35.3 Å². The third-order valence-electron chi connectivity index (χ3n) is 3.22. The van der Waals surface area contributed by atoms with E-state index < -0.39 is 23.3 Å². The monoisotopic (exact) mass is 307 g/mol. The van der Waals surface area contributed by atoms with E-state index >= 15 is 0 Å². The third kappa shape index (κ3) is 3.02. The fraction of sp³-hybridized carbons (Fsp3) is 0.357. The van der Waals surface area contributed by atoms with Gasteiger partial charge in [-0.1, -0.05) is 12.1 Å². The maximum Gasteiger partial charge on any atom is 0.347 e. The van der Waals surface area contributed by atoms with Crippen LogP contribution >= 0.6 is 11.8 Å². The Morgan fingerprint density at radius 2 is 2.19 bits per heavy atom. The lowest BCUT2D eigenvalue weighted by Gasteiger charge is -2.23. The quantitative estimate of drug-likeness (QED) is 0.849. The molecule has 7 heteroatoms. The first kappa shape index (κ1) is 13.9. The van der Waals surface area contributed by atoms with E-state index in [0.717, 1.165) is 10.6 Å². The van der Waals surface area contributed by atoms with E-state index in [1.165, 1.54) is 11.8 Å². The summed E-state index contributed by atoms with van der Waals surface area (Å²) in [6.45, 7) is 0.267. The van der Waals surface area contributed by atoms with E-state index in [1.807, 2.05) is 24.3 Å². The molecule has 21 heavy (non-hydrogen) atoms. The number of thioether (sulfide) groups is 1. The molecule has 0 spiro atoms. The minimum absolute atomic E-state index is 0.0748. The number of benzene rings is 1. The van der Waals surface area contributed by atoms with Gasteiger partial charge in [0.2, 0.25) is 12.0 Å². The molecule has 2 aliphatic heterocycles. The summed E-state index contributed by atoms with van der Waals surface area (Å²) in [5, 5.41) is 2.21. The second kappa shape index (κ2) is 5.77. The molecule has 0 radical (unpaired) electrons. The number of hydrogen-bond donors (Lipinski definition) is 1. The molecule has 2 heterocycles. The van der Waals surface area contributed by atoms with Crippen LogP contribution in [0.15, 0.2) is 29.2 Å². The summed E-state index contributed by atoms with van der Waals surface area (Å²) in [5.74, 6) is -1.31. The number of anilines is 1. The summed E-state index contributed by atoms with van der Waals surface area (Å²) in [7, 11) is 0. The topological polar surface area (TPSA) is 81.7 Å². The van der Waals surface area contributed by atoms with Gasteiger partial charge >= 0.3 is 11.9 Å². The molecule has 0 aromatic heterocycles. The molecule has 0 aliphatic carbocycles. The number of nitrogens with one attached hydrogen (secondary N) is 1. The molecule has 110 valence electrons. The highest BCUT2D eigenvalue weighted by molar-refractivity contribution is 8.01. The maximum absolute atomic E-state index is 12.0. The summed E-state index contributed by atoms with van der Waals surface area (Å²) >= 11 is 1.32. The van der Waals surface area contributed by atoms with Gasteiger partial charge in [0.05, 0.1) is 24.0 Å². The minimum atomic E-state index is -0.832. The minimum Gasteiger partial charge on any atom is -0.463 e. The number of fused-ring (bicyclic) bond motifs is 1. The number of para-hydroxylation sites is 1. The zero-order chi connectivity index (χ0) is 14.8. The van der Waals surface area contributed by atoms with E-state index in [4.69, 9.17) is 9.47 Å². The molecular weight excluding hydrogens is 294 g/mol. The van der Waals surface area contributed by atoms with E-state index in [-0.39, 0.29) is 18.9 Å². The van der Waals surface area contributed by atoms with Crippen molar-refractivity contribution in [2.24, 2.45) is 0 Å². The Kier molecular flexibility index (Phi) is 3.83. The summed E-state index contributed by atoms with van der Waals surface area (Å²) in [6.07, 6.45) is -0.534. The molecule has 1 N–H and O–H groups in total. The van der Waals surface area contributed by atoms with Crippen LogP contribution < -0.4 is 5.32 Å². The fourth-order valence-electron chi connectivity index (χ4n) is 2.17. The Labute approximate surface area is 125 Å². The van der Waals surface area contributed by atoms with Gasteiger partial charge in [-0.2, -0.15) is 0 Å². The second-order valence-corrected chi connectivity index (χ2v) is 5.98. The number of carbonyl (C=O) groups excluding carboxylic acids is 3. The van der Waals surface area contributed by atoms with Crippen LogP contribution in [-0.4, -0.2) is 35.8 Å². The fourth-order valence-corrected chi connectivity index (χ4v) is 3.26. The van der Waals surface area contributed by atoms with Crippen LogP contribution in [0.2, 0.25) is 0 Å². The van der Waals surface area contributed by atoms with E-state index in [2.05, 4.69) is 5.32 Å². The zero-order valence-corrected chi connectivity index (χ0v) is 11.9. The average molecular weight is 307 g/mol. The first-order valence-corrected chi connectivity index (χ1v) is 7.44. The van der Waals surface area contributed by atoms with Gasteiger partial charge in [-0.25, -0.2) is 4.79 Å². The van der Waals surface area contributed by atoms with Crippen molar-refractivity contribution < 1.29 is 23.9 Å². The van der Waals surface area contributed by atoms with Crippen LogP contribution in [-0.2, 0) is 23.9 Å². The highest BCUT2D eigenvalue weighted by atomic mass is 32.2. The maximum atomic E-state index is 12.0. The molecule has 1 saturated heterocycles. The first-order valence-electron chi connectivity index (χ1n) is 6.56. The molecular formula is C14H13NO5S. The lowest BCUT2D eigenvalue weighted by molar-refractivity contribution is -0.160. The summed E-state index contributed by atoms with van der Waals surface area (Å²) in [5.41, 5.74) is 0.747. The first-order chi connectivity index (χ1) is 10.1. The Bertz CT molecular complexity index is 603. The number of rotatable bonds is 3. The number of carbonyl (C=O) groups is 3. The second-order valence-electron chi connectivity index (χ2n) is 4.73. The van der Waals surface area contributed by atoms with Gasteiger partial charge in [0.1, 0.15) is 0 Å². The predicted molar refractivity (Wildman–Crippen MR) is 74.8 cm³/mol. The predicted octanol–water partition coefficient (Wildman–Crippen LogP) is 1.35. The number of cyclic esters (lactones) is 1. The summed E-state index contributed by atoms with van der Waals surface area (Å²) < 4.78 is 9.78. The van der Waals surface area contributed by atoms with Gasteiger partial charge in [0, 0.05) is 11.3 Å². The van der Waals surface area contributed by atoms with E-state index in [1.54, 1.807) is 0 Å². The highest BCUT2D eigenvalue weighted by Gasteiger charge is 2.33. The molecule has 2 atom stereocenters. The van der Waals surface area contributed by atoms with Gasteiger partial charge in [-0.05, 0) is 12.1 Å². The highest BCUT2D eigenvalue weighted by Crippen LogP contribution is 2.36. The van der Waals surface area contributed by atoms with Crippen molar-refractivity contribution in [3.63, 3.8) is 0 Å². The normalized spacial score (nSPS) is 24.0. The van der Waals surface area contributed by atoms with Crippen molar-refractivity contribution in [2.45, 2.75) is 29.1 Å². The summed E-state index contributed by atoms with van der Waals surface area (Å²) in [4.78, 5) is 36.0. The summed E-state index contributed by atoms with van der Waals surface area (Å²) in [6, 6.07) is 7.39. The van der Waals surface area contributed by atoms with Crippen LogP contribution in [0.5, 0.6) is 0 Å². The molecule has 1 aromatic rings. The number of hydrogen-bond acceptors (Lipinski definition) is 6. The SMILES string of the molecule is O=C(CC1Sc2ccccc2NC1=O)OC1CCOC1=O. The van der Waals surface area contributed by atoms with Crippen molar-refractivity contribution in [2.75, 3.05) is 11.9 Å². The molecule has 1 amide bonds. The Balaban J connectivity index is 1.61. The molecule has 0 bridgehead atoms. The van der Waals surface area contributed by atoms with Gasteiger partial charge in [-0.3, -0.25) is 9.59 Å². The van der Waals surface area contributed by atoms with Gasteiger partial charge in [0.15, 0.2) is 0 Å². The Hall–Kier alpha value is -2.02. The molecule has 3 rings (SSSR count). The standard InChI is InChI=1S/C14H13NO5S/c16-12(20-9-5-6-19-14(9)18)7-11-13(17)15-8-3-1-2-4-10(8)21-11/h1-4,9,11H,5-7H2,(H,15,17). The Morgan fingerprint density at radius 3 is 2.95 bits per heavy atom. The van der Waals surface area contributed by atoms with E-state index in [0.29, 0.717) is 6.42 Å². The molecule has 2 aliphatic rings. The molecule has 1 aromatic carbocycles. The molecule has 6 nitrogen and oxygen atoms in total. The molecule has 1 fully saturated rings. The largest absolute Gasteiger partial charge is 0.463 e. The lowest BCUT2D eigenvalue weighted by Crippen LogP contribution is -2.33. The van der Waals surface area contributed by atoms with Crippen LogP contribution in [0.4, 0.5) is 5.69 Å². The van der Waals surface area contributed by atoms with Crippen LogP contribution in [0.1, 0.15) is 12.8 Å². The van der Waals surface area contributed by atoms with Crippen molar-refractivity contribution in [3.05, 3.63) is 24.3 Å². The molecule has 2 unspecified atom stereocenters. The van der Waals surface area contributed by atoms with Gasteiger partial charge in [-0.15, -0.1) is 11.8 Å². The van der Waals surface area contributed by atoms with Gasteiger partial charge in [0.25, 0.3) is 0 Å². The Morgan fingerprint density at radius 1 is 1.38 bits per heavy atom. The number of ether oxygens (including phenoxy) is 2. The van der Waals surface area contributed by atoms with Crippen molar-refractivity contribution in [1.29, 1.82) is 0 Å². The van der Waals surface area contributed by atoms with Crippen molar-refractivity contribution in [1.82, 2.24) is 0 Å². The van der Waals surface area contributed by atoms with Crippen LogP contribution in [0.25, 0.3) is 0 Å². The zero-order valence-electron chi connectivity index (χ0n) is 11.0. The smallest absolute Gasteiger partial charge is 0.347 e. The van der Waals surface area contributed by atoms with Crippen LogP contribution in [0, 0.1) is 0 Å². The van der Waals surface area contributed by atoms with Crippen LogP contribution in [0.3, 0.4) is 0 Å². The number of amides is 1. The van der Waals surface area contributed by atoms with Crippen molar-refractivity contribution in [3.8, 4) is 0 Å². The third-order valence-corrected chi connectivity index (χ3v) is 4.49. The van der Waals surface area contributed by atoms with E-state index in [9.17, 15) is 14.4 Å². The average Bonchev–Trinajstić information content (AvgIpc) is 2.85. The molecule has 0 saturated carbocycles. The number of esters is 2.